The van der Waals surface area contributed by atoms with Crippen molar-refractivity contribution in [3.8, 4) is 0 Å². The van der Waals surface area contributed by atoms with Crippen LogP contribution in [0.2, 0.25) is 0 Å². The van der Waals surface area contributed by atoms with Crippen LogP contribution in [0.25, 0.3) is 0 Å². The molecule has 4 heteroatoms. The van der Waals surface area contributed by atoms with E-state index in [1.807, 2.05) is 0 Å². The summed E-state index contributed by atoms with van der Waals surface area (Å²) in [6.45, 7) is 3.47. The van der Waals surface area contributed by atoms with Crippen LogP contribution in [-0.4, -0.2) is 0 Å². The van der Waals surface area contributed by atoms with Crippen LogP contribution in [0.5, 0.6) is 0 Å². The van der Waals surface area contributed by atoms with Gasteiger partial charge < -0.3 is 9.46 Å². The molecule has 0 fully saturated rings. The SMILES string of the molecule is CCCCCCCCCCCCCCCC[n+]1ccccc1.O=[PH2][O-]. The van der Waals surface area contributed by atoms with Crippen molar-refractivity contribution >= 4 is 8.69 Å². The molecular formula is C21H40NO2P. The number of rotatable bonds is 15. The smallest absolute Gasteiger partial charge is 0.168 e. The summed E-state index contributed by atoms with van der Waals surface area (Å²) in [6.07, 6.45) is 24.4. The first-order valence-electron chi connectivity index (χ1n) is 10.3. The van der Waals surface area contributed by atoms with E-state index in [-0.39, 0.29) is 0 Å². The molecule has 3 nitrogen and oxygen atoms in total. The fourth-order valence-corrected chi connectivity index (χ4v) is 3.07. The van der Waals surface area contributed by atoms with Crippen LogP contribution in [0.1, 0.15) is 96.8 Å². The minimum absolute atomic E-state index is 1.18. The minimum Gasteiger partial charge on any atom is -0.804 e. The fourth-order valence-electron chi connectivity index (χ4n) is 3.07. The van der Waals surface area contributed by atoms with Crippen molar-refractivity contribution in [1.82, 2.24) is 0 Å². The lowest BCUT2D eigenvalue weighted by Crippen LogP contribution is -2.32. The Labute approximate surface area is 157 Å². The van der Waals surface area contributed by atoms with Crippen LogP contribution in [0, 0.1) is 0 Å². The fraction of sp³-hybridized carbons (Fsp3) is 0.762. The maximum Gasteiger partial charge on any atom is 0.168 e. The highest BCUT2D eigenvalue weighted by atomic mass is 31.1. The van der Waals surface area contributed by atoms with Crippen LogP contribution < -0.4 is 9.46 Å². The lowest BCUT2D eigenvalue weighted by atomic mass is 10.0. The maximum absolute atomic E-state index is 8.46. The highest BCUT2D eigenvalue weighted by Crippen LogP contribution is 2.12. The van der Waals surface area contributed by atoms with E-state index in [0.717, 1.165) is 0 Å². The molecule has 0 bridgehead atoms. The van der Waals surface area contributed by atoms with Crippen molar-refractivity contribution in [2.45, 2.75) is 103 Å². The van der Waals surface area contributed by atoms with Crippen LogP contribution in [0.3, 0.4) is 0 Å². The van der Waals surface area contributed by atoms with Gasteiger partial charge in [0.25, 0.3) is 0 Å². The Morgan fingerprint density at radius 2 is 1.04 bits per heavy atom. The van der Waals surface area contributed by atoms with E-state index in [4.69, 9.17) is 9.46 Å². The number of unbranched alkanes of at least 4 members (excludes halogenated alkanes) is 13. The molecule has 0 saturated heterocycles. The summed E-state index contributed by atoms with van der Waals surface area (Å²) in [4.78, 5) is 8.46. The highest BCUT2D eigenvalue weighted by Gasteiger charge is 1.98. The van der Waals surface area contributed by atoms with Crippen molar-refractivity contribution in [2.24, 2.45) is 0 Å². The maximum atomic E-state index is 8.46. The monoisotopic (exact) mass is 369 g/mol. The Balaban J connectivity index is 0.00000178. The lowest BCUT2D eigenvalue weighted by molar-refractivity contribution is -0.697. The quantitative estimate of drug-likeness (QED) is 0.234. The van der Waals surface area contributed by atoms with Crippen molar-refractivity contribution in [2.75, 3.05) is 0 Å². The molecule has 0 amide bonds. The zero-order valence-electron chi connectivity index (χ0n) is 16.3. The van der Waals surface area contributed by atoms with Gasteiger partial charge in [0.2, 0.25) is 0 Å². The molecule has 0 radical (unpaired) electrons. The second-order valence-electron chi connectivity index (χ2n) is 6.81. The summed E-state index contributed by atoms with van der Waals surface area (Å²) in [6, 6.07) is 6.31. The van der Waals surface area contributed by atoms with E-state index in [9.17, 15) is 0 Å². The molecule has 1 aromatic heterocycles. The van der Waals surface area contributed by atoms with Crippen molar-refractivity contribution < 1.29 is 14.0 Å². The van der Waals surface area contributed by atoms with Gasteiger partial charge in [-0.1, -0.05) is 90.0 Å². The summed E-state index contributed by atoms with van der Waals surface area (Å²) in [7, 11) is -1.75. The second-order valence-corrected chi connectivity index (χ2v) is 7.00. The predicted octanol–water partition coefficient (Wildman–Crippen LogP) is 5.47. The van der Waals surface area contributed by atoms with Gasteiger partial charge in [-0.2, -0.15) is 0 Å². The predicted molar refractivity (Wildman–Crippen MR) is 107 cm³/mol. The van der Waals surface area contributed by atoms with Gasteiger partial charge in [0.05, 0.1) is 0 Å². The number of nitrogens with zero attached hydrogens (tertiary/aromatic N) is 1. The van der Waals surface area contributed by atoms with E-state index in [1.54, 1.807) is 0 Å². The Kier molecular flexibility index (Phi) is 20.8. The molecule has 0 aromatic carbocycles. The van der Waals surface area contributed by atoms with Crippen molar-refractivity contribution in [3.05, 3.63) is 30.6 Å². The van der Waals surface area contributed by atoms with Crippen LogP contribution in [0.15, 0.2) is 30.6 Å². The molecule has 0 spiro atoms. The summed E-state index contributed by atoms with van der Waals surface area (Å²) in [5.74, 6) is 0. The highest BCUT2D eigenvalue weighted by molar-refractivity contribution is 7.14. The number of aromatic nitrogens is 1. The van der Waals surface area contributed by atoms with Gasteiger partial charge in [-0.3, -0.25) is 0 Å². The Morgan fingerprint density at radius 3 is 1.44 bits per heavy atom. The third-order valence-electron chi connectivity index (χ3n) is 4.55. The van der Waals surface area contributed by atoms with Crippen LogP contribution >= 0.6 is 8.69 Å². The summed E-state index contributed by atoms with van der Waals surface area (Å²) < 4.78 is 10.8. The van der Waals surface area contributed by atoms with E-state index < -0.39 is 8.69 Å². The van der Waals surface area contributed by atoms with E-state index in [0.29, 0.717) is 0 Å². The number of hydrogen-bond donors (Lipinski definition) is 0. The molecule has 1 atom stereocenters. The second kappa shape index (κ2) is 21.4. The average molecular weight is 370 g/mol. The van der Waals surface area contributed by atoms with Gasteiger partial charge in [-0.15, -0.1) is 0 Å². The standard InChI is InChI=1S/C21H38N.H3O2P/c1-2-3-4-5-6-7-8-9-10-11-12-13-14-16-19-22-20-17-15-18-21-22;1-3-2/h15,17-18,20-21H,2-14,16,19H2,1H3;3H2,(H,1,2)/q+1;/p-1. The normalized spacial score (nSPS) is 10.8. The summed E-state index contributed by atoms with van der Waals surface area (Å²) >= 11 is 0. The molecular weight excluding hydrogens is 329 g/mol. The minimum atomic E-state index is -1.75. The summed E-state index contributed by atoms with van der Waals surface area (Å²) in [5.41, 5.74) is 0. The van der Waals surface area contributed by atoms with Gasteiger partial charge in [-0.25, -0.2) is 4.57 Å². The molecule has 1 rings (SSSR count). The number of hydrogen-bond acceptors (Lipinski definition) is 2. The zero-order chi connectivity index (χ0) is 18.4. The van der Waals surface area contributed by atoms with Gasteiger partial charge in [0.15, 0.2) is 12.4 Å². The molecule has 1 heterocycles. The molecule has 0 aliphatic rings. The Hall–Kier alpha value is -0.660. The van der Waals surface area contributed by atoms with Crippen molar-refractivity contribution in [1.29, 1.82) is 0 Å². The van der Waals surface area contributed by atoms with E-state index >= 15 is 0 Å². The molecule has 25 heavy (non-hydrogen) atoms. The van der Waals surface area contributed by atoms with Crippen LogP contribution in [-0.2, 0) is 11.1 Å². The average Bonchev–Trinajstić information content (AvgIpc) is 2.63. The molecule has 0 saturated carbocycles. The molecule has 1 aromatic rings. The molecule has 0 N–H and O–H groups in total. The summed E-state index contributed by atoms with van der Waals surface area (Å²) in [5, 5.41) is 0. The molecule has 146 valence electrons. The first-order valence-corrected chi connectivity index (χ1v) is 11.3. The Bertz CT molecular complexity index is 373. The molecule has 1 unspecified atom stereocenters. The third kappa shape index (κ3) is 19.5. The van der Waals surface area contributed by atoms with Gasteiger partial charge >= 0.3 is 0 Å². The van der Waals surface area contributed by atoms with Gasteiger partial charge in [0, 0.05) is 18.6 Å². The van der Waals surface area contributed by atoms with Gasteiger partial charge in [0.1, 0.15) is 6.54 Å². The topological polar surface area (TPSA) is 44.0 Å². The number of pyridine rings is 1. The first kappa shape index (κ1) is 24.3. The zero-order valence-corrected chi connectivity index (χ0v) is 17.5. The largest absolute Gasteiger partial charge is 0.804 e. The molecule has 0 aliphatic carbocycles. The van der Waals surface area contributed by atoms with Crippen molar-refractivity contribution in [3.63, 3.8) is 0 Å². The third-order valence-corrected chi connectivity index (χ3v) is 4.55. The first-order chi connectivity index (χ1) is 12.3. The lowest BCUT2D eigenvalue weighted by Gasteiger charge is -2.02. The van der Waals surface area contributed by atoms with E-state index in [2.05, 4.69) is 42.1 Å². The molecule has 0 aliphatic heterocycles. The van der Waals surface area contributed by atoms with E-state index in [1.165, 1.54) is 96.4 Å². The Morgan fingerprint density at radius 1 is 0.680 bits per heavy atom. The van der Waals surface area contributed by atoms with Crippen LogP contribution in [0.4, 0.5) is 0 Å². The number of aryl methyl sites for hydroxylation is 1. The van der Waals surface area contributed by atoms with Gasteiger partial charge in [-0.05, 0) is 15.1 Å².